The molecular formula is C66H128O4S. The molecule has 0 radical (unpaired) electrons. The summed E-state index contributed by atoms with van der Waals surface area (Å²) in [6.07, 6.45) is 82.8. The normalized spacial score (nSPS) is 11.7. The second kappa shape index (κ2) is 58.4. The predicted octanol–water partition coefficient (Wildman–Crippen LogP) is 23.8. The molecule has 0 atom stereocenters. The minimum atomic E-state index is -4.67. The summed E-state index contributed by atoms with van der Waals surface area (Å²) < 4.78 is 31.6. The Kier molecular flexibility index (Phi) is 57.6. The fourth-order valence-electron chi connectivity index (χ4n) is 11.1. The lowest BCUT2D eigenvalue weighted by molar-refractivity contribution is 0.381. The summed E-state index contributed by atoms with van der Waals surface area (Å²) in [7, 11) is -4.67. The highest BCUT2D eigenvalue weighted by Crippen LogP contribution is 2.25. The summed E-state index contributed by atoms with van der Waals surface area (Å²) in [6.45, 7) is 6.96. The quantitative estimate of drug-likeness (QED) is 0.0504. The van der Waals surface area contributed by atoms with Gasteiger partial charge in [0.25, 0.3) is 0 Å². The predicted molar refractivity (Wildman–Crippen MR) is 318 cm³/mol. The van der Waals surface area contributed by atoms with E-state index in [0.29, 0.717) is 0 Å². The van der Waals surface area contributed by atoms with Crippen LogP contribution >= 0.6 is 0 Å². The maximum atomic E-state index is 8.74. The molecule has 0 saturated heterocycles. The number of unbranched alkanes of at least 4 members (excludes halogenated alkanes) is 51. The molecule has 0 aliphatic carbocycles. The molecule has 0 heterocycles. The standard InChI is InChI=1S/C66H126.H2O4S/c1-4-7-10-13-16-19-22-25-28-31-34-37-40-43-46-49-52-55-59-64-61-58-62-65(60-56-53-50-47-44-41-38-35-32-29-26-23-20-17-14-11-8-5-2)66(64)63-57-54-51-48-45-42-39-36-33-30-27-24-21-18-15-12-9-6-3;1-5(2,3)4/h58,61-62H,4-57,59-60,63H2,1-3H3;(H2,1,2,3,4). The molecule has 0 saturated carbocycles. The van der Waals surface area contributed by atoms with Crippen molar-refractivity contribution in [3.8, 4) is 0 Å². The van der Waals surface area contributed by atoms with E-state index in [-0.39, 0.29) is 0 Å². The fraction of sp³-hybridized carbons (Fsp3) is 0.909. The van der Waals surface area contributed by atoms with Crippen molar-refractivity contribution in [2.24, 2.45) is 0 Å². The first-order chi connectivity index (χ1) is 34.8. The van der Waals surface area contributed by atoms with Crippen molar-refractivity contribution in [2.45, 2.75) is 387 Å². The number of hydrogen-bond acceptors (Lipinski definition) is 2. The van der Waals surface area contributed by atoms with Crippen LogP contribution in [-0.2, 0) is 29.7 Å². The van der Waals surface area contributed by atoms with Gasteiger partial charge in [0.15, 0.2) is 0 Å². The molecule has 2 N–H and O–H groups in total. The minimum absolute atomic E-state index is 1.32. The van der Waals surface area contributed by atoms with Crippen molar-refractivity contribution >= 4 is 10.4 Å². The van der Waals surface area contributed by atoms with Crippen molar-refractivity contribution in [3.63, 3.8) is 0 Å². The molecule has 0 aliphatic heterocycles. The molecule has 0 aromatic heterocycles. The topological polar surface area (TPSA) is 74.6 Å². The van der Waals surface area contributed by atoms with Gasteiger partial charge in [-0.25, -0.2) is 0 Å². The van der Waals surface area contributed by atoms with Crippen LogP contribution in [0, 0.1) is 0 Å². The Morgan fingerprint density at radius 1 is 0.254 bits per heavy atom. The second-order valence-corrected chi connectivity index (χ2v) is 23.7. The summed E-state index contributed by atoms with van der Waals surface area (Å²) >= 11 is 0. The van der Waals surface area contributed by atoms with Crippen LogP contribution in [0.15, 0.2) is 18.2 Å². The van der Waals surface area contributed by atoms with Gasteiger partial charge in [0.2, 0.25) is 0 Å². The lowest BCUT2D eigenvalue weighted by Crippen LogP contribution is -2.02. The van der Waals surface area contributed by atoms with Gasteiger partial charge in [0, 0.05) is 0 Å². The zero-order chi connectivity index (χ0) is 51.7. The van der Waals surface area contributed by atoms with Gasteiger partial charge >= 0.3 is 10.4 Å². The number of benzene rings is 1. The van der Waals surface area contributed by atoms with Gasteiger partial charge in [0.05, 0.1) is 0 Å². The van der Waals surface area contributed by atoms with Crippen molar-refractivity contribution < 1.29 is 17.5 Å². The first-order valence-corrected chi connectivity index (χ1v) is 34.0. The molecule has 0 bridgehead atoms. The summed E-state index contributed by atoms with van der Waals surface area (Å²) in [4.78, 5) is 0. The molecule has 1 aromatic rings. The Morgan fingerprint density at radius 3 is 0.563 bits per heavy atom. The van der Waals surface area contributed by atoms with E-state index in [2.05, 4.69) is 39.0 Å². The molecule has 4 nitrogen and oxygen atoms in total. The van der Waals surface area contributed by atoms with E-state index < -0.39 is 10.4 Å². The molecule has 0 amide bonds. The van der Waals surface area contributed by atoms with Crippen LogP contribution in [0.1, 0.15) is 384 Å². The number of aryl methyl sites for hydroxylation is 2. The molecule has 1 aromatic carbocycles. The minimum Gasteiger partial charge on any atom is -0.264 e. The van der Waals surface area contributed by atoms with E-state index in [4.69, 9.17) is 17.5 Å². The van der Waals surface area contributed by atoms with Crippen LogP contribution in [0.2, 0.25) is 0 Å². The van der Waals surface area contributed by atoms with E-state index in [1.165, 1.54) is 366 Å². The third-order valence-electron chi connectivity index (χ3n) is 15.7. The van der Waals surface area contributed by atoms with Gasteiger partial charge in [-0.15, -0.1) is 0 Å². The van der Waals surface area contributed by atoms with Crippen molar-refractivity contribution in [1.29, 1.82) is 0 Å². The van der Waals surface area contributed by atoms with Crippen LogP contribution in [0.3, 0.4) is 0 Å². The highest BCUT2D eigenvalue weighted by atomic mass is 32.3. The fourth-order valence-corrected chi connectivity index (χ4v) is 11.1. The Hall–Kier alpha value is -0.910. The molecule has 0 fully saturated rings. The smallest absolute Gasteiger partial charge is 0.264 e. The van der Waals surface area contributed by atoms with Gasteiger partial charge in [-0.2, -0.15) is 8.42 Å². The van der Waals surface area contributed by atoms with E-state index in [9.17, 15) is 0 Å². The van der Waals surface area contributed by atoms with Gasteiger partial charge < -0.3 is 0 Å². The Balaban J connectivity index is 0.00000928. The molecular weight excluding hydrogens is 889 g/mol. The molecule has 422 valence electrons. The summed E-state index contributed by atoms with van der Waals surface area (Å²) in [6, 6.07) is 7.47. The van der Waals surface area contributed by atoms with Crippen LogP contribution in [0.5, 0.6) is 0 Å². The zero-order valence-corrected chi connectivity index (χ0v) is 49.5. The Labute approximate surface area is 447 Å². The average molecular weight is 1020 g/mol. The first kappa shape index (κ1) is 70.1. The lowest BCUT2D eigenvalue weighted by Gasteiger charge is -2.16. The molecule has 71 heavy (non-hydrogen) atoms. The maximum absolute atomic E-state index is 8.74. The monoisotopic (exact) mass is 1020 g/mol. The SMILES string of the molecule is CCCCCCCCCCCCCCCCCCCCc1cccc(CCCCCCCCCCCCCCCCCCCC)c1CCCCCCCCCCCCCCCCCCCC.O=S(=O)(O)O. The van der Waals surface area contributed by atoms with Crippen LogP contribution in [-0.4, -0.2) is 17.5 Å². The van der Waals surface area contributed by atoms with Crippen LogP contribution in [0.4, 0.5) is 0 Å². The third-order valence-corrected chi connectivity index (χ3v) is 15.7. The molecule has 0 spiro atoms. The molecule has 5 heteroatoms. The van der Waals surface area contributed by atoms with Gasteiger partial charge in [-0.05, 0) is 55.2 Å². The average Bonchev–Trinajstić information content (AvgIpc) is 3.35. The van der Waals surface area contributed by atoms with Gasteiger partial charge in [-0.1, -0.05) is 366 Å². The summed E-state index contributed by atoms with van der Waals surface area (Å²) in [5, 5.41) is 0. The molecule has 1 rings (SSSR count). The summed E-state index contributed by atoms with van der Waals surface area (Å²) in [5.74, 6) is 0. The van der Waals surface area contributed by atoms with Crippen molar-refractivity contribution in [2.75, 3.05) is 0 Å². The van der Waals surface area contributed by atoms with Crippen LogP contribution in [0.25, 0.3) is 0 Å². The first-order valence-electron chi connectivity index (χ1n) is 32.6. The Bertz CT molecular complexity index is 1200. The highest BCUT2D eigenvalue weighted by molar-refractivity contribution is 7.79. The van der Waals surface area contributed by atoms with Crippen LogP contribution < -0.4 is 0 Å². The third kappa shape index (κ3) is 58.2. The lowest BCUT2D eigenvalue weighted by atomic mass is 9.90. The van der Waals surface area contributed by atoms with Gasteiger partial charge in [-0.3, -0.25) is 9.11 Å². The molecule has 0 aliphatic rings. The van der Waals surface area contributed by atoms with Crippen molar-refractivity contribution in [1.82, 2.24) is 0 Å². The van der Waals surface area contributed by atoms with E-state index >= 15 is 0 Å². The largest absolute Gasteiger partial charge is 0.394 e. The zero-order valence-electron chi connectivity index (χ0n) is 48.7. The number of rotatable bonds is 57. The van der Waals surface area contributed by atoms with E-state index in [1.807, 2.05) is 0 Å². The highest BCUT2D eigenvalue weighted by Gasteiger charge is 2.10. The van der Waals surface area contributed by atoms with Gasteiger partial charge in [0.1, 0.15) is 0 Å². The Morgan fingerprint density at radius 2 is 0.394 bits per heavy atom. The van der Waals surface area contributed by atoms with Crippen molar-refractivity contribution in [3.05, 3.63) is 34.9 Å². The molecule has 0 unspecified atom stereocenters. The van der Waals surface area contributed by atoms with E-state index in [1.54, 1.807) is 16.7 Å². The maximum Gasteiger partial charge on any atom is 0.394 e. The number of hydrogen-bond donors (Lipinski definition) is 2. The summed E-state index contributed by atoms with van der Waals surface area (Å²) in [5.41, 5.74) is 5.23. The second-order valence-electron chi connectivity index (χ2n) is 22.8. The van der Waals surface area contributed by atoms with E-state index in [0.717, 1.165) is 0 Å².